The first-order valence-electron chi connectivity index (χ1n) is 9.83. The molecule has 1 heterocycles. The van der Waals surface area contributed by atoms with E-state index in [1.165, 1.54) is 0 Å². The van der Waals surface area contributed by atoms with E-state index >= 15 is 0 Å². The first-order chi connectivity index (χ1) is 13.7. The number of imide groups is 1. The number of urea groups is 1. The van der Waals surface area contributed by atoms with Crippen molar-refractivity contribution in [3.05, 3.63) is 65.2 Å². The minimum atomic E-state index is -1.15. The summed E-state index contributed by atoms with van der Waals surface area (Å²) in [4.78, 5) is 26.5. The number of aliphatic hydroxyl groups is 1. The summed E-state index contributed by atoms with van der Waals surface area (Å²) in [5, 5.41) is 13.1. The molecule has 1 aliphatic heterocycles. The maximum atomic E-state index is 13.0. The molecule has 0 aliphatic carbocycles. The van der Waals surface area contributed by atoms with Gasteiger partial charge >= 0.3 is 6.03 Å². The Morgan fingerprint density at radius 2 is 1.76 bits per heavy atom. The summed E-state index contributed by atoms with van der Waals surface area (Å²) in [6, 6.07) is 14.6. The smallest absolute Gasteiger partial charge is 0.325 e. The number of benzene rings is 2. The van der Waals surface area contributed by atoms with Gasteiger partial charge in [0, 0.05) is 0 Å². The average molecular weight is 396 g/mol. The number of β-amino-alcohol motifs (C(OH)–C–C–N with tert-alkyl or cyclic N) is 1. The fourth-order valence-corrected chi connectivity index (χ4v) is 3.43. The Labute approximate surface area is 171 Å². The monoisotopic (exact) mass is 396 g/mol. The van der Waals surface area contributed by atoms with Crippen LogP contribution in [0.2, 0.25) is 0 Å². The molecule has 1 aliphatic rings. The molecule has 6 nitrogen and oxygen atoms in total. The maximum absolute atomic E-state index is 13.0. The normalized spacial score (nSPS) is 20.1. The number of aryl methyl sites for hydroxylation is 1. The topological polar surface area (TPSA) is 78.9 Å². The Morgan fingerprint density at radius 3 is 2.38 bits per heavy atom. The van der Waals surface area contributed by atoms with Gasteiger partial charge < -0.3 is 15.2 Å². The van der Waals surface area contributed by atoms with E-state index in [-0.39, 0.29) is 19.1 Å². The molecule has 0 spiro atoms. The van der Waals surface area contributed by atoms with E-state index in [1.54, 1.807) is 6.92 Å². The third-order valence-corrected chi connectivity index (χ3v) is 5.35. The van der Waals surface area contributed by atoms with Gasteiger partial charge in [-0.3, -0.25) is 9.69 Å². The van der Waals surface area contributed by atoms with Crippen molar-refractivity contribution in [3.63, 3.8) is 0 Å². The summed E-state index contributed by atoms with van der Waals surface area (Å²) in [5.74, 6) is 0.666. The van der Waals surface area contributed by atoms with E-state index in [1.807, 2.05) is 55.5 Å². The zero-order valence-corrected chi connectivity index (χ0v) is 17.3. The Kier molecular flexibility index (Phi) is 5.94. The zero-order valence-electron chi connectivity index (χ0n) is 17.3. The van der Waals surface area contributed by atoms with E-state index in [0.717, 1.165) is 16.0 Å². The molecule has 3 rings (SSSR count). The van der Waals surface area contributed by atoms with Crippen molar-refractivity contribution in [2.45, 2.75) is 45.3 Å². The molecule has 0 unspecified atom stereocenters. The first kappa shape index (κ1) is 20.9. The molecule has 0 radical (unpaired) electrons. The van der Waals surface area contributed by atoms with Gasteiger partial charge in [0.15, 0.2) is 0 Å². The number of hydrogen-bond acceptors (Lipinski definition) is 4. The third kappa shape index (κ3) is 4.27. The van der Waals surface area contributed by atoms with Gasteiger partial charge in [-0.1, -0.05) is 56.3 Å². The van der Waals surface area contributed by atoms with Gasteiger partial charge in [0.2, 0.25) is 0 Å². The van der Waals surface area contributed by atoms with Crippen molar-refractivity contribution < 1.29 is 19.4 Å². The van der Waals surface area contributed by atoms with Crippen LogP contribution in [0, 0.1) is 6.92 Å². The standard InChI is InChI=1S/C23H28N2O4/c1-15(2)17-9-11-18(12-10-17)23(4)21(27)25(22(28)24-23)13-19(26)14-29-20-8-6-5-7-16(20)3/h5-12,15,19,26H,13-14H2,1-4H3,(H,24,28)/t19-,23-/m1/s1. The van der Waals surface area contributed by atoms with Gasteiger partial charge in [0.05, 0.1) is 6.54 Å². The molecule has 2 aromatic carbocycles. The van der Waals surface area contributed by atoms with Gasteiger partial charge in [-0.2, -0.15) is 0 Å². The molecular formula is C23H28N2O4. The van der Waals surface area contributed by atoms with Gasteiger partial charge in [-0.05, 0) is 42.5 Å². The summed E-state index contributed by atoms with van der Waals surface area (Å²) in [6.07, 6.45) is -0.991. The lowest BCUT2D eigenvalue weighted by Crippen LogP contribution is -2.42. The van der Waals surface area contributed by atoms with Crippen LogP contribution in [0.3, 0.4) is 0 Å². The molecule has 0 saturated carbocycles. The van der Waals surface area contributed by atoms with Crippen LogP contribution >= 0.6 is 0 Å². The molecule has 29 heavy (non-hydrogen) atoms. The Morgan fingerprint density at radius 1 is 1.10 bits per heavy atom. The van der Waals surface area contributed by atoms with Gasteiger partial charge in [-0.25, -0.2) is 4.79 Å². The number of rotatable bonds is 7. The summed E-state index contributed by atoms with van der Waals surface area (Å²) in [7, 11) is 0. The van der Waals surface area contributed by atoms with Crippen LogP contribution < -0.4 is 10.1 Å². The second kappa shape index (κ2) is 8.25. The molecule has 0 aromatic heterocycles. The highest BCUT2D eigenvalue weighted by Gasteiger charge is 2.49. The van der Waals surface area contributed by atoms with Crippen LogP contribution in [0.15, 0.2) is 48.5 Å². The predicted molar refractivity (Wildman–Crippen MR) is 111 cm³/mol. The summed E-state index contributed by atoms with van der Waals surface area (Å²) in [5.41, 5.74) is 1.68. The van der Waals surface area contributed by atoms with Crippen LogP contribution in [0.1, 0.15) is 43.4 Å². The van der Waals surface area contributed by atoms with Gasteiger partial charge in [0.1, 0.15) is 24.0 Å². The highest BCUT2D eigenvalue weighted by molar-refractivity contribution is 6.07. The number of para-hydroxylation sites is 1. The van der Waals surface area contributed by atoms with E-state index in [0.29, 0.717) is 17.2 Å². The summed E-state index contributed by atoms with van der Waals surface area (Å²) < 4.78 is 5.63. The Balaban J connectivity index is 1.67. The number of nitrogens with one attached hydrogen (secondary N) is 1. The average Bonchev–Trinajstić information content (AvgIpc) is 2.91. The largest absolute Gasteiger partial charge is 0.491 e. The number of ether oxygens (including phenoxy) is 1. The molecule has 2 aromatic rings. The second-order valence-corrected chi connectivity index (χ2v) is 7.98. The minimum Gasteiger partial charge on any atom is -0.491 e. The van der Waals surface area contributed by atoms with Crippen molar-refractivity contribution in [2.75, 3.05) is 13.2 Å². The summed E-state index contributed by atoms with van der Waals surface area (Å²) in [6.45, 7) is 7.66. The van der Waals surface area contributed by atoms with Crippen molar-refractivity contribution in [1.82, 2.24) is 10.2 Å². The second-order valence-electron chi connectivity index (χ2n) is 7.98. The van der Waals surface area contributed by atoms with E-state index < -0.39 is 17.7 Å². The van der Waals surface area contributed by atoms with Crippen molar-refractivity contribution in [3.8, 4) is 5.75 Å². The molecule has 0 bridgehead atoms. The number of carbonyl (C=O) groups excluding carboxylic acids is 2. The van der Waals surface area contributed by atoms with Crippen molar-refractivity contribution in [2.24, 2.45) is 0 Å². The molecule has 6 heteroatoms. The molecule has 2 atom stereocenters. The van der Waals surface area contributed by atoms with E-state index in [4.69, 9.17) is 4.74 Å². The number of nitrogens with zero attached hydrogens (tertiary/aromatic N) is 1. The molecule has 1 saturated heterocycles. The van der Waals surface area contributed by atoms with Crippen LogP contribution in [-0.4, -0.2) is 41.2 Å². The van der Waals surface area contributed by atoms with Crippen LogP contribution in [-0.2, 0) is 10.3 Å². The lowest BCUT2D eigenvalue weighted by molar-refractivity contribution is -0.132. The maximum Gasteiger partial charge on any atom is 0.325 e. The van der Waals surface area contributed by atoms with Crippen LogP contribution in [0.5, 0.6) is 5.75 Å². The lowest BCUT2D eigenvalue weighted by Gasteiger charge is -2.23. The molecule has 3 amide bonds. The molecular weight excluding hydrogens is 368 g/mol. The van der Waals surface area contributed by atoms with Crippen LogP contribution in [0.4, 0.5) is 4.79 Å². The Hall–Kier alpha value is -2.86. The molecule has 154 valence electrons. The first-order valence-corrected chi connectivity index (χ1v) is 9.83. The third-order valence-electron chi connectivity index (χ3n) is 5.35. The van der Waals surface area contributed by atoms with Crippen molar-refractivity contribution in [1.29, 1.82) is 0 Å². The number of amides is 3. The van der Waals surface area contributed by atoms with Crippen molar-refractivity contribution >= 4 is 11.9 Å². The van der Waals surface area contributed by atoms with Gasteiger partial charge in [-0.15, -0.1) is 0 Å². The molecule has 1 fully saturated rings. The number of hydrogen-bond donors (Lipinski definition) is 2. The fourth-order valence-electron chi connectivity index (χ4n) is 3.43. The Bertz CT molecular complexity index is 894. The van der Waals surface area contributed by atoms with Gasteiger partial charge in [0.25, 0.3) is 5.91 Å². The fraction of sp³-hybridized carbons (Fsp3) is 0.391. The highest BCUT2D eigenvalue weighted by Crippen LogP contribution is 2.30. The zero-order chi connectivity index (χ0) is 21.2. The molecule has 2 N–H and O–H groups in total. The number of aliphatic hydroxyl groups excluding tert-OH is 1. The minimum absolute atomic E-state index is 0.0122. The van der Waals surface area contributed by atoms with E-state index in [9.17, 15) is 14.7 Å². The lowest BCUT2D eigenvalue weighted by atomic mass is 9.90. The number of carbonyl (C=O) groups is 2. The van der Waals surface area contributed by atoms with Crippen LogP contribution in [0.25, 0.3) is 0 Å². The summed E-state index contributed by atoms with van der Waals surface area (Å²) >= 11 is 0. The quantitative estimate of drug-likeness (QED) is 0.704. The predicted octanol–water partition coefficient (Wildman–Crippen LogP) is 3.33. The SMILES string of the molecule is Cc1ccccc1OC[C@H](O)CN1C(=O)N[C@](C)(c2ccc(C(C)C)cc2)C1=O. The highest BCUT2D eigenvalue weighted by atomic mass is 16.5. The van der Waals surface area contributed by atoms with E-state index in [2.05, 4.69) is 19.2 Å².